The summed E-state index contributed by atoms with van der Waals surface area (Å²) in [5, 5.41) is 5.36. The summed E-state index contributed by atoms with van der Waals surface area (Å²) in [4.78, 5) is 4.05. The first kappa shape index (κ1) is 10.5. The smallest absolute Gasteiger partial charge is 0.196 e. The maximum absolute atomic E-state index is 6.03. The highest BCUT2D eigenvalue weighted by Crippen LogP contribution is 2.27. The third-order valence-electron chi connectivity index (χ3n) is 1.96. The average molecular weight is 241 g/mol. The van der Waals surface area contributed by atoms with E-state index < -0.39 is 0 Å². The van der Waals surface area contributed by atoms with Crippen LogP contribution in [0.15, 0.2) is 18.2 Å². The largest absolute Gasteiger partial charge is 0.243 e. The van der Waals surface area contributed by atoms with Crippen molar-refractivity contribution in [3.63, 3.8) is 0 Å². The van der Waals surface area contributed by atoms with Gasteiger partial charge in [0.05, 0.1) is 5.02 Å². The Morgan fingerprint density at radius 2 is 2.20 bits per heavy atom. The summed E-state index contributed by atoms with van der Waals surface area (Å²) >= 11 is 11.8. The van der Waals surface area contributed by atoms with Crippen LogP contribution in [-0.4, -0.2) is 14.8 Å². The first-order valence-corrected chi connectivity index (χ1v) is 5.24. The van der Waals surface area contributed by atoms with Gasteiger partial charge in [-0.3, -0.25) is 0 Å². The number of nitrogens with zero attached hydrogens (tertiary/aromatic N) is 3. The van der Waals surface area contributed by atoms with Crippen molar-refractivity contribution in [3.05, 3.63) is 34.6 Å². The second kappa shape index (κ2) is 4.21. The first-order valence-electron chi connectivity index (χ1n) is 4.48. The van der Waals surface area contributed by atoms with Gasteiger partial charge in [-0.25, -0.2) is 9.67 Å². The number of benzene rings is 1. The molecule has 0 unspecified atom stereocenters. The van der Waals surface area contributed by atoms with E-state index in [1.807, 2.05) is 6.92 Å². The summed E-state index contributed by atoms with van der Waals surface area (Å²) in [6.07, 6.45) is 2.76. The Kier molecular flexibility index (Phi) is 2.93. The molecule has 2 rings (SSSR count). The van der Waals surface area contributed by atoms with Gasteiger partial charge in [0.1, 0.15) is 0 Å². The molecule has 0 saturated carbocycles. The van der Waals surface area contributed by atoms with Crippen molar-refractivity contribution in [3.8, 4) is 11.4 Å². The van der Waals surface area contributed by atoms with Crippen LogP contribution in [0.1, 0.15) is 6.92 Å². The van der Waals surface area contributed by atoms with Crippen LogP contribution < -0.4 is 0 Å². The van der Waals surface area contributed by atoms with Gasteiger partial charge in [0.2, 0.25) is 0 Å². The highest BCUT2D eigenvalue weighted by molar-refractivity contribution is 6.36. The zero-order valence-corrected chi connectivity index (χ0v) is 9.55. The molecule has 0 aliphatic carbocycles. The van der Waals surface area contributed by atoms with Crippen molar-refractivity contribution in [2.24, 2.45) is 0 Å². The lowest BCUT2D eigenvalue weighted by molar-refractivity contribution is 0.654. The number of halogens is 2. The van der Waals surface area contributed by atoms with Gasteiger partial charge in [0, 0.05) is 17.1 Å². The first-order chi connectivity index (χ1) is 7.20. The summed E-state index contributed by atoms with van der Waals surface area (Å²) in [6.45, 7) is 2.70. The number of hydrogen-bond acceptors (Lipinski definition) is 2. The zero-order valence-electron chi connectivity index (χ0n) is 8.04. The highest BCUT2D eigenvalue weighted by atomic mass is 35.5. The van der Waals surface area contributed by atoms with Crippen LogP contribution in [-0.2, 0) is 6.54 Å². The maximum Gasteiger partial charge on any atom is 0.196 e. The van der Waals surface area contributed by atoms with E-state index >= 15 is 0 Å². The molecule has 1 aromatic carbocycles. The molecule has 0 bridgehead atoms. The van der Waals surface area contributed by atoms with Crippen molar-refractivity contribution in [2.75, 3.05) is 0 Å². The van der Waals surface area contributed by atoms with Crippen LogP contribution in [0.2, 0.25) is 10.0 Å². The summed E-state index contributed by atoms with van der Waals surface area (Å²) in [5.41, 5.74) is 0.768. The van der Waals surface area contributed by atoms with Gasteiger partial charge in [-0.2, -0.15) is 5.10 Å². The van der Waals surface area contributed by atoms with Gasteiger partial charge >= 0.3 is 0 Å². The number of hydrogen-bond donors (Lipinski definition) is 0. The molecule has 1 aromatic heterocycles. The van der Waals surface area contributed by atoms with Crippen molar-refractivity contribution in [1.29, 1.82) is 0 Å². The van der Waals surface area contributed by atoms with Gasteiger partial charge in [0.15, 0.2) is 12.2 Å². The Morgan fingerprint density at radius 3 is 2.80 bits per heavy atom. The molecule has 0 aliphatic heterocycles. The fraction of sp³-hybridized carbons (Fsp3) is 0.200. The Hall–Kier alpha value is -1.06. The monoisotopic (exact) mass is 240 g/mol. The van der Waals surface area contributed by atoms with E-state index in [-0.39, 0.29) is 0 Å². The number of rotatable bonds is 2. The molecule has 1 radical (unpaired) electrons. The zero-order chi connectivity index (χ0) is 10.8. The van der Waals surface area contributed by atoms with Gasteiger partial charge in [-0.1, -0.05) is 23.2 Å². The summed E-state index contributed by atoms with van der Waals surface area (Å²) < 4.78 is 1.63. The molecule has 0 aliphatic rings. The van der Waals surface area contributed by atoms with Crippen molar-refractivity contribution in [2.45, 2.75) is 13.5 Å². The minimum Gasteiger partial charge on any atom is -0.243 e. The van der Waals surface area contributed by atoms with Crippen LogP contribution in [0, 0.1) is 6.33 Å². The molecule has 5 heteroatoms. The molecular weight excluding hydrogens is 233 g/mol. The van der Waals surface area contributed by atoms with Gasteiger partial charge in [0.25, 0.3) is 0 Å². The van der Waals surface area contributed by atoms with Crippen molar-refractivity contribution >= 4 is 23.2 Å². The fourth-order valence-electron chi connectivity index (χ4n) is 1.19. The molecule has 0 fully saturated rings. The van der Waals surface area contributed by atoms with Crippen molar-refractivity contribution < 1.29 is 0 Å². The van der Waals surface area contributed by atoms with E-state index in [9.17, 15) is 0 Å². The lowest BCUT2D eigenvalue weighted by atomic mass is 10.2. The maximum atomic E-state index is 6.03. The quantitative estimate of drug-likeness (QED) is 0.808. The van der Waals surface area contributed by atoms with E-state index in [0.29, 0.717) is 15.9 Å². The van der Waals surface area contributed by atoms with Crippen LogP contribution in [0.3, 0.4) is 0 Å². The molecule has 0 atom stereocenters. The highest BCUT2D eigenvalue weighted by Gasteiger charge is 2.08. The lowest BCUT2D eigenvalue weighted by Crippen LogP contribution is -1.94. The number of aryl methyl sites for hydroxylation is 1. The molecule has 0 N–H and O–H groups in total. The third kappa shape index (κ3) is 2.13. The van der Waals surface area contributed by atoms with E-state index in [4.69, 9.17) is 23.2 Å². The molecule has 77 valence electrons. The van der Waals surface area contributed by atoms with Crippen LogP contribution >= 0.6 is 23.2 Å². The number of aromatic nitrogens is 3. The molecular formula is C10H8Cl2N3. The van der Waals surface area contributed by atoms with Crippen LogP contribution in [0.5, 0.6) is 0 Å². The summed E-state index contributed by atoms with van der Waals surface area (Å²) in [7, 11) is 0. The Balaban J connectivity index is 2.44. The van der Waals surface area contributed by atoms with Gasteiger partial charge in [-0.05, 0) is 25.1 Å². The van der Waals surface area contributed by atoms with Gasteiger partial charge in [-0.15, -0.1) is 0 Å². The predicted molar refractivity (Wildman–Crippen MR) is 60.0 cm³/mol. The van der Waals surface area contributed by atoms with Crippen LogP contribution in [0.4, 0.5) is 0 Å². The Morgan fingerprint density at radius 1 is 1.40 bits per heavy atom. The minimum absolute atomic E-state index is 0.546. The van der Waals surface area contributed by atoms with E-state index in [2.05, 4.69) is 16.4 Å². The van der Waals surface area contributed by atoms with E-state index in [1.165, 1.54) is 0 Å². The Labute approximate surface area is 97.7 Å². The lowest BCUT2D eigenvalue weighted by Gasteiger charge is -1.99. The molecule has 0 saturated heterocycles. The van der Waals surface area contributed by atoms with E-state index in [1.54, 1.807) is 22.9 Å². The SMILES string of the molecule is CCn1[c]nc(-c2ccc(Cl)cc2Cl)n1. The normalized spacial score (nSPS) is 10.6. The molecule has 1 heterocycles. The summed E-state index contributed by atoms with van der Waals surface area (Å²) in [5.74, 6) is 0.568. The Bertz CT molecular complexity index is 479. The average Bonchev–Trinajstić information content (AvgIpc) is 2.66. The molecule has 2 aromatic rings. The molecule has 3 nitrogen and oxygen atoms in total. The second-order valence-corrected chi connectivity index (χ2v) is 3.82. The molecule has 0 amide bonds. The molecule has 0 spiro atoms. The summed E-state index contributed by atoms with van der Waals surface area (Å²) in [6, 6.07) is 5.23. The molecule has 15 heavy (non-hydrogen) atoms. The van der Waals surface area contributed by atoms with Crippen molar-refractivity contribution in [1.82, 2.24) is 14.8 Å². The topological polar surface area (TPSA) is 30.7 Å². The standard InChI is InChI=1S/C10H8Cl2N3/c1-2-15-6-13-10(14-15)8-4-3-7(11)5-9(8)12/h3-5H,2H2,1H3. The minimum atomic E-state index is 0.546. The van der Waals surface area contributed by atoms with Crippen LogP contribution in [0.25, 0.3) is 11.4 Å². The third-order valence-corrected chi connectivity index (χ3v) is 2.51. The predicted octanol–water partition coefficient (Wildman–Crippen LogP) is 3.07. The fourth-order valence-corrected chi connectivity index (χ4v) is 1.68. The van der Waals surface area contributed by atoms with E-state index in [0.717, 1.165) is 12.1 Å². The second-order valence-electron chi connectivity index (χ2n) is 2.98. The van der Waals surface area contributed by atoms with Gasteiger partial charge < -0.3 is 0 Å².